The van der Waals surface area contributed by atoms with E-state index in [0.29, 0.717) is 18.2 Å². The fourth-order valence-electron chi connectivity index (χ4n) is 3.41. The summed E-state index contributed by atoms with van der Waals surface area (Å²) < 4.78 is 19.6. The van der Waals surface area contributed by atoms with Gasteiger partial charge in [0, 0.05) is 6.54 Å². The number of nitrogens with one attached hydrogen (secondary N) is 1. The first-order valence-corrected chi connectivity index (χ1v) is 9.13. The minimum atomic E-state index is -0.549. The first kappa shape index (κ1) is 19.7. The number of amides is 1. The van der Waals surface area contributed by atoms with E-state index in [9.17, 15) is 9.18 Å². The van der Waals surface area contributed by atoms with Gasteiger partial charge in [-0.05, 0) is 63.2 Å². The van der Waals surface area contributed by atoms with E-state index in [0.717, 1.165) is 31.5 Å². The molecule has 0 spiro atoms. The molecule has 0 radical (unpaired) electrons. The quantitative estimate of drug-likeness (QED) is 0.853. The van der Waals surface area contributed by atoms with Crippen LogP contribution in [-0.4, -0.2) is 43.1 Å². The Labute approximate surface area is 150 Å². The number of ether oxygens (including phenoxy) is 1. The van der Waals surface area contributed by atoms with Crippen LogP contribution in [0.3, 0.4) is 0 Å². The van der Waals surface area contributed by atoms with E-state index in [2.05, 4.69) is 24.1 Å². The van der Waals surface area contributed by atoms with Crippen molar-refractivity contribution in [3.05, 3.63) is 29.6 Å². The monoisotopic (exact) mass is 350 g/mol. The number of carbonyl (C=O) groups is 1. The van der Waals surface area contributed by atoms with Crippen molar-refractivity contribution in [2.75, 3.05) is 26.7 Å². The highest BCUT2D eigenvalue weighted by Gasteiger charge is 2.37. The molecular weight excluding hydrogens is 319 g/mol. The van der Waals surface area contributed by atoms with Gasteiger partial charge >= 0.3 is 0 Å². The molecule has 0 aromatic heterocycles. The predicted octanol–water partition coefficient (Wildman–Crippen LogP) is 3.56. The minimum absolute atomic E-state index is 0.0622. The molecule has 0 unspecified atom stereocenters. The van der Waals surface area contributed by atoms with Gasteiger partial charge in [0.05, 0.1) is 12.6 Å². The standard InChI is InChI=1S/C20H31FN2O2/c1-14(2)13-22-19(24)20(3,4)23-11-9-15(10-12-23)16-7-6-8-17(25-5)18(16)21/h6-8,14-15H,9-13H2,1-5H3,(H,22,24). The molecule has 1 aromatic carbocycles. The molecule has 140 valence electrons. The number of likely N-dealkylation sites (tertiary alicyclic amines) is 1. The van der Waals surface area contributed by atoms with Crippen molar-refractivity contribution in [2.45, 2.75) is 52.0 Å². The summed E-state index contributed by atoms with van der Waals surface area (Å²) in [6.07, 6.45) is 1.68. The summed E-state index contributed by atoms with van der Waals surface area (Å²) in [5, 5.41) is 3.03. The van der Waals surface area contributed by atoms with E-state index in [-0.39, 0.29) is 17.6 Å². The fraction of sp³-hybridized carbons (Fsp3) is 0.650. The van der Waals surface area contributed by atoms with Crippen LogP contribution in [-0.2, 0) is 4.79 Å². The molecule has 1 amide bonds. The van der Waals surface area contributed by atoms with E-state index >= 15 is 0 Å². The average molecular weight is 350 g/mol. The summed E-state index contributed by atoms with van der Waals surface area (Å²) in [6.45, 7) is 10.4. The number of halogens is 1. The lowest BCUT2D eigenvalue weighted by Crippen LogP contribution is -2.57. The van der Waals surface area contributed by atoms with Gasteiger partial charge in [-0.2, -0.15) is 0 Å². The van der Waals surface area contributed by atoms with Gasteiger partial charge in [-0.25, -0.2) is 4.39 Å². The topological polar surface area (TPSA) is 41.6 Å². The number of methoxy groups -OCH3 is 1. The van der Waals surface area contributed by atoms with Gasteiger partial charge < -0.3 is 10.1 Å². The Morgan fingerprint density at radius 1 is 1.36 bits per heavy atom. The Balaban J connectivity index is 2.00. The summed E-state index contributed by atoms with van der Waals surface area (Å²) in [4.78, 5) is 14.7. The summed E-state index contributed by atoms with van der Waals surface area (Å²) in [5.74, 6) is 0.709. The van der Waals surface area contributed by atoms with Gasteiger partial charge in [-0.15, -0.1) is 0 Å². The molecule has 0 aliphatic carbocycles. The van der Waals surface area contributed by atoms with Crippen LogP contribution in [0.2, 0.25) is 0 Å². The maximum atomic E-state index is 14.5. The third-order valence-electron chi connectivity index (χ3n) is 5.16. The molecule has 2 rings (SSSR count). The number of hydrogen-bond acceptors (Lipinski definition) is 3. The average Bonchev–Trinajstić information content (AvgIpc) is 2.60. The number of piperidine rings is 1. The largest absolute Gasteiger partial charge is 0.494 e. The first-order chi connectivity index (χ1) is 11.8. The zero-order valence-electron chi connectivity index (χ0n) is 16.1. The summed E-state index contributed by atoms with van der Waals surface area (Å²) in [7, 11) is 1.49. The summed E-state index contributed by atoms with van der Waals surface area (Å²) in [6, 6.07) is 5.34. The van der Waals surface area contributed by atoms with Gasteiger partial charge in [-0.3, -0.25) is 9.69 Å². The molecule has 5 heteroatoms. The maximum absolute atomic E-state index is 14.5. The molecule has 1 saturated heterocycles. The Kier molecular flexibility index (Phi) is 6.44. The van der Waals surface area contributed by atoms with E-state index in [1.165, 1.54) is 7.11 Å². The van der Waals surface area contributed by atoms with Crippen LogP contribution < -0.4 is 10.1 Å². The van der Waals surface area contributed by atoms with Crippen LogP contribution in [0.4, 0.5) is 4.39 Å². The van der Waals surface area contributed by atoms with Crippen LogP contribution >= 0.6 is 0 Å². The van der Waals surface area contributed by atoms with Crippen molar-refractivity contribution in [1.82, 2.24) is 10.2 Å². The molecular formula is C20H31FN2O2. The van der Waals surface area contributed by atoms with Crippen molar-refractivity contribution in [2.24, 2.45) is 5.92 Å². The van der Waals surface area contributed by atoms with Crippen molar-refractivity contribution in [3.63, 3.8) is 0 Å². The molecule has 25 heavy (non-hydrogen) atoms. The lowest BCUT2D eigenvalue weighted by molar-refractivity contribution is -0.132. The van der Waals surface area contributed by atoms with Crippen molar-refractivity contribution in [3.8, 4) is 5.75 Å². The zero-order valence-corrected chi connectivity index (χ0v) is 16.1. The second-order valence-corrected chi connectivity index (χ2v) is 7.79. The Bertz CT molecular complexity index is 593. The van der Waals surface area contributed by atoms with Gasteiger partial charge in [0.15, 0.2) is 11.6 Å². The van der Waals surface area contributed by atoms with Crippen LogP contribution in [0.1, 0.15) is 52.0 Å². The van der Waals surface area contributed by atoms with Gasteiger partial charge in [0.2, 0.25) is 5.91 Å². The Hall–Kier alpha value is -1.62. The Morgan fingerprint density at radius 3 is 2.56 bits per heavy atom. The minimum Gasteiger partial charge on any atom is -0.494 e. The van der Waals surface area contributed by atoms with Crippen LogP contribution in [0, 0.1) is 11.7 Å². The lowest BCUT2D eigenvalue weighted by atomic mass is 9.86. The highest BCUT2D eigenvalue weighted by molar-refractivity contribution is 5.85. The molecule has 1 fully saturated rings. The molecule has 0 saturated carbocycles. The number of hydrogen-bond donors (Lipinski definition) is 1. The van der Waals surface area contributed by atoms with Crippen LogP contribution in [0.15, 0.2) is 18.2 Å². The maximum Gasteiger partial charge on any atom is 0.239 e. The summed E-state index contributed by atoms with van der Waals surface area (Å²) >= 11 is 0. The fourth-order valence-corrected chi connectivity index (χ4v) is 3.41. The molecule has 1 aromatic rings. The van der Waals surface area contributed by atoms with E-state index in [1.807, 2.05) is 26.0 Å². The highest BCUT2D eigenvalue weighted by atomic mass is 19.1. The highest BCUT2D eigenvalue weighted by Crippen LogP contribution is 2.35. The molecule has 0 bridgehead atoms. The first-order valence-electron chi connectivity index (χ1n) is 9.13. The van der Waals surface area contributed by atoms with Crippen molar-refractivity contribution in [1.29, 1.82) is 0 Å². The van der Waals surface area contributed by atoms with E-state index < -0.39 is 5.54 Å². The molecule has 0 atom stereocenters. The normalized spacial score (nSPS) is 16.9. The molecule has 1 aliphatic rings. The molecule has 1 aliphatic heterocycles. The van der Waals surface area contributed by atoms with Crippen molar-refractivity contribution >= 4 is 5.91 Å². The smallest absolute Gasteiger partial charge is 0.239 e. The van der Waals surface area contributed by atoms with Crippen LogP contribution in [0.5, 0.6) is 5.75 Å². The van der Waals surface area contributed by atoms with Gasteiger partial charge in [0.25, 0.3) is 0 Å². The third kappa shape index (κ3) is 4.51. The number of nitrogens with zero attached hydrogens (tertiary/aromatic N) is 1. The lowest BCUT2D eigenvalue weighted by Gasteiger charge is -2.42. The van der Waals surface area contributed by atoms with Crippen LogP contribution in [0.25, 0.3) is 0 Å². The second kappa shape index (κ2) is 8.17. The summed E-state index contributed by atoms with van der Waals surface area (Å²) in [5.41, 5.74) is 0.174. The molecule has 1 heterocycles. The SMILES string of the molecule is COc1cccc(C2CCN(C(C)(C)C(=O)NCC(C)C)CC2)c1F. The van der Waals surface area contributed by atoms with E-state index in [1.54, 1.807) is 6.07 Å². The van der Waals surface area contributed by atoms with Crippen molar-refractivity contribution < 1.29 is 13.9 Å². The van der Waals surface area contributed by atoms with E-state index in [4.69, 9.17) is 4.74 Å². The van der Waals surface area contributed by atoms with Gasteiger partial charge in [0.1, 0.15) is 0 Å². The third-order valence-corrected chi connectivity index (χ3v) is 5.16. The molecule has 4 nitrogen and oxygen atoms in total. The number of carbonyl (C=O) groups excluding carboxylic acids is 1. The number of benzene rings is 1. The van der Waals surface area contributed by atoms with Gasteiger partial charge in [-0.1, -0.05) is 26.0 Å². The zero-order chi connectivity index (χ0) is 18.6. The number of rotatable bonds is 6. The molecule has 1 N–H and O–H groups in total. The Morgan fingerprint density at radius 2 is 2.00 bits per heavy atom. The second-order valence-electron chi connectivity index (χ2n) is 7.79. The predicted molar refractivity (Wildman–Crippen MR) is 98.4 cm³/mol.